The summed E-state index contributed by atoms with van der Waals surface area (Å²) in [5.74, 6) is 1.12. The summed E-state index contributed by atoms with van der Waals surface area (Å²) in [5.41, 5.74) is 16.7. The molecule has 3 atom stereocenters. The van der Waals surface area contributed by atoms with Gasteiger partial charge >= 0.3 is 0 Å². The highest BCUT2D eigenvalue weighted by molar-refractivity contribution is 5.90. The van der Waals surface area contributed by atoms with E-state index in [2.05, 4.69) is 154 Å². The maximum atomic E-state index is 2.58. The average molecular weight is 544 g/mol. The summed E-state index contributed by atoms with van der Waals surface area (Å²) < 4.78 is 0. The van der Waals surface area contributed by atoms with Crippen LogP contribution in [-0.2, 0) is 5.41 Å². The zero-order valence-corrected chi connectivity index (χ0v) is 24.9. The van der Waals surface area contributed by atoms with Crippen LogP contribution in [0.2, 0.25) is 0 Å². The number of allylic oxidation sites excluding steroid dienone is 8. The summed E-state index contributed by atoms with van der Waals surface area (Å²) in [5, 5.41) is 0. The maximum absolute atomic E-state index is 2.58. The molecule has 0 fully saturated rings. The molecule has 1 heteroatoms. The number of rotatable bonds is 3. The molecular formula is C41H37N. The Balaban J connectivity index is 1.38. The van der Waals surface area contributed by atoms with Gasteiger partial charge < -0.3 is 4.90 Å². The molecule has 1 aliphatic heterocycles. The van der Waals surface area contributed by atoms with Gasteiger partial charge in [-0.2, -0.15) is 0 Å². The van der Waals surface area contributed by atoms with Crippen LogP contribution in [0.15, 0.2) is 133 Å². The zero-order chi connectivity index (χ0) is 28.6. The first kappa shape index (κ1) is 25.4. The van der Waals surface area contributed by atoms with Crippen LogP contribution in [0, 0.1) is 18.8 Å². The summed E-state index contributed by atoms with van der Waals surface area (Å²) in [7, 11) is 0. The van der Waals surface area contributed by atoms with Gasteiger partial charge in [-0.3, -0.25) is 0 Å². The fourth-order valence-corrected chi connectivity index (χ4v) is 7.94. The largest absolute Gasteiger partial charge is 0.313 e. The summed E-state index contributed by atoms with van der Waals surface area (Å²) in [6.07, 6.45) is 12.8. The van der Waals surface area contributed by atoms with Crippen molar-refractivity contribution >= 4 is 16.9 Å². The highest BCUT2D eigenvalue weighted by Gasteiger charge is 2.43. The predicted octanol–water partition coefficient (Wildman–Crippen LogP) is 10.7. The molecule has 0 aromatic heterocycles. The Kier molecular flexibility index (Phi) is 5.63. The van der Waals surface area contributed by atoms with Crippen molar-refractivity contribution in [1.82, 2.24) is 0 Å². The molecule has 8 rings (SSSR count). The van der Waals surface area contributed by atoms with Crippen LogP contribution >= 0.6 is 0 Å². The molecular weight excluding hydrogens is 506 g/mol. The Morgan fingerprint density at radius 3 is 2.29 bits per heavy atom. The van der Waals surface area contributed by atoms with E-state index < -0.39 is 0 Å². The Morgan fingerprint density at radius 2 is 1.50 bits per heavy atom. The van der Waals surface area contributed by atoms with Crippen molar-refractivity contribution < 1.29 is 0 Å². The van der Waals surface area contributed by atoms with Gasteiger partial charge in [-0.25, -0.2) is 0 Å². The van der Waals surface area contributed by atoms with E-state index in [0.29, 0.717) is 17.8 Å². The van der Waals surface area contributed by atoms with E-state index in [1.807, 2.05) is 0 Å². The predicted molar refractivity (Wildman–Crippen MR) is 177 cm³/mol. The van der Waals surface area contributed by atoms with Gasteiger partial charge in [-0.05, 0) is 94.1 Å². The summed E-state index contributed by atoms with van der Waals surface area (Å²) in [6, 6.07) is 34.3. The van der Waals surface area contributed by atoms with E-state index in [0.717, 1.165) is 6.42 Å². The lowest BCUT2D eigenvalue weighted by Gasteiger charge is -2.33. The van der Waals surface area contributed by atoms with Gasteiger partial charge in [0, 0.05) is 28.6 Å². The second-order valence-electron chi connectivity index (χ2n) is 13.1. The van der Waals surface area contributed by atoms with Gasteiger partial charge in [-0.1, -0.05) is 117 Å². The highest BCUT2D eigenvalue weighted by Crippen LogP contribution is 2.59. The van der Waals surface area contributed by atoms with Crippen molar-refractivity contribution in [3.05, 3.63) is 160 Å². The van der Waals surface area contributed by atoms with E-state index in [-0.39, 0.29) is 5.41 Å². The number of benzene rings is 4. The van der Waals surface area contributed by atoms with Crippen LogP contribution in [0.25, 0.3) is 16.7 Å². The van der Waals surface area contributed by atoms with Gasteiger partial charge in [-0.15, -0.1) is 0 Å². The first-order valence-corrected chi connectivity index (χ1v) is 15.4. The highest BCUT2D eigenvalue weighted by atomic mass is 15.2. The zero-order valence-electron chi connectivity index (χ0n) is 24.9. The van der Waals surface area contributed by atoms with Crippen LogP contribution in [0.3, 0.4) is 0 Å². The van der Waals surface area contributed by atoms with E-state index in [4.69, 9.17) is 0 Å². The first-order chi connectivity index (χ1) is 20.4. The molecule has 42 heavy (non-hydrogen) atoms. The fraction of sp³-hybridized carbons (Fsp3) is 0.220. The molecule has 206 valence electrons. The van der Waals surface area contributed by atoms with Crippen LogP contribution in [0.5, 0.6) is 0 Å². The van der Waals surface area contributed by atoms with Crippen LogP contribution < -0.4 is 4.90 Å². The molecule has 0 bridgehead atoms. The lowest BCUT2D eigenvalue weighted by Crippen LogP contribution is -2.21. The van der Waals surface area contributed by atoms with Gasteiger partial charge in [0.15, 0.2) is 0 Å². The fourth-order valence-electron chi connectivity index (χ4n) is 7.94. The van der Waals surface area contributed by atoms with Crippen LogP contribution in [0.4, 0.5) is 11.4 Å². The van der Waals surface area contributed by atoms with Gasteiger partial charge in [0.25, 0.3) is 0 Å². The van der Waals surface area contributed by atoms with Gasteiger partial charge in [0.1, 0.15) is 0 Å². The SMILES string of the molecule is Cc1ccc(N2C3=CC(C4C=CC=CC4C)=C(c4ccccc4)CC3c3cc4c(cc32)C(C)(C)c2ccccc2-4)cc1. The minimum absolute atomic E-state index is 0.0324. The second kappa shape index (κ2) is 9.33. The molecule has 1 heterocycles. The smallest absolute Gasteiger partial charge is 0.0501 e. The molecule has 0 N–H and O–H groups in total. The molecule has 0 saturated carbocycles. The Bertz CT molecular complexity index is 1850. The van der Waals surface area contributed by atoms with E-state index in [1.54, 1.807) is 0 Å². The number of anilines is 2. The molecule has 4 aliphatic rings. The Morgan fingerprint density at radius 1 is 0.762 bits per heavy atom. The Labute approximate surface area is 250 Å². The van der Waals surface area contributed by atoms with Crippen LogP contribution in [-0.4, -0.2) is 0 Å². The molecule has 4 aromatic rings. The molecule has 0 spiro atoms. The molecule has 1 nitrogen and oxygen atoms in total. The van der Waals surface area contributed by atoms with E-state index in [1.165, 1.54) is 67.2 Å². The average Bonchev–Trinajstić information content (AvgIpc) is 3.44. The third kappa shape index (κ3) is 3.69. The number of hydrogen-bond donors (Lipinski definition) is 0. The Hall–Kier alpha value is -4.36. The van der Waals surface area contributed by atoms with E-state index >= 15 is 0 Å². The molecule has 3 aliphatic carbocycles. The van der Waals surface area contributed by atoms with Crippen molar-refractivity contribution in [3.63, 3.8) is 0 Å². The van der Waals surface area contributed by atoms with Crippen molar-refractivity contribution in [1.29, 1.82) is 0 Å². The molecule has 3 unspecified atom stereocenters. The minimum Gasteiger partial charge on any atom is -0.313 e. The second-order valence-corrected chi connectivity index (χ2v) is 13.1. The lowest BCUT2D eigenvalue weighted by molar-refractivity contribution is 0.581. The molecule has 4 aromatic carbocycles. The molecule has 0 saturated heterocycles. The number of fused-ring (bicyclic) bond motifs is 6. The third-order valence-electron chi connectivity index (χ3n) is 10.2. The summed E-state index contributed by atoms with van der Waals surface area (Å²) >= 11 is 0. The lowest BCUT2D eigenvalue weighted by atomic mass is 9.73. The summed E-state index contributed by atoms with van der Waals surface area (Å²) in [4.78, 5) is 2.58. The normalized spacial score (nSPS) is 22.9. The van der Waals surface area contributed by atoms with Crippen molar-refractivity contribution in [3.8, 4) is 11.1 Å². The van der Waals surface area contributed by atoms with Gasteiger partial charge in [0.2, 0.25) is 0 Å². The quantitative estimate of drug-likeness (QED) is 0.248. The number of aryl methyl sites for hydroxylation is 1. The minimum atomic E-state index is -0.0324. The maximum Gasteiger partial charge on any atom is 0.0501 e. The number of hydrogen-bond acceptors (Lipinski definition) is 1. The van der Waals surface area contributed by atoms with Crippen molar-refractivity contribution in [2.75, 3.05) is 4.90 Å². The van der Waals surface area contributed by atoms with Crippen molar-refractivity contribution in [2.24, 2.45) is 11.8 Å². The van der Waals surface area contributed by atoms with Crippen molar-refractivity contribution in [2.45, 2.75) is 45.4 Å². The molecule has 0 amide bonds. The number of nitrogens with zero attached hydrogens (tertiary/aromatic N) is 1. The first-order valence-electron chi connectivity index (χ1n) is 15.4. The topological polar surface area (TPSA) is 3.24 Å². The summed E-state index contributed by atoms with van der Waals surface area (Å²) in [6.45, 7) is 9.31. The molecule has 0 radical (unpaired) electrons. The van der Waals surface area contributed by atoms with E-state index in [9.17, 15) is 0 Å². The van der Waals surface area contributed by atoms with Gasteiger partial charge in [0.05, 0.1) is 5.69 Å². The third-order valence-corrected chi connectivity index (χ3v) is 10.2. The monoisotopic (exact) mass is 543 g/mol. The standard InChI is InChI=1S/C41H37N/c1-26-18-20-29(21-19-26)42-39-24-33(30-15-9-8-12-27(30)2)32(28-13-6-5-7-14-28)22-35(39)36-23-34-31-16-10-11-17-37(31)41(3,4)38(34)25-40(36)42/h5-21,23-25,27,30,35H,22H2,1-4H3. The van der Waals surface area contributed by atoms with Crippen LogP contribution in [0.1, 0.15) is 60.9 Å².